The number of para-hydroxylation sites is 1. The van der Waals surface area contributed by atoms with Gasteiger partial charge in [-0.2, -0.15) is 0 Å². The number of hydrogen-bond donors (Lipinski definition) is 1. The summed E-state index contributed by atoms with van der Waals surface area (Å²) in [6.45, 7) is 0.673. The third-order valence-corrected chi connectivity index (χ3v) is 3.12. The van der Waals surface area contributed by atoms with Gasteiger partial charge in [0.1, 0.15) is 5.75 Å². The topological polar surface area (TPSA) is 60.2 Å². The van der Waals surface area contributed by atoms with Gasteiger partial charge in [-0.3, -0.25) is 0 Å². The van der Waals surface area contributed by atoms with Crippen LogP contribution in [0.4, 0.5) is 5.69 Å². The van der Waals surface area contributed by atoms with Crippen molar-refractivity contribution in [3.8, 4) is 5.75 Å². The number of anilines is 1. The minimum Gasteiger partial charge on any atom is -0.484 e. The molecule has 0 fully saturated rings. The van der Waals surface area contributed by atoms with Crippen LogP contribution < -0.4 is 10.1 Å². The number of aromatic nitrogens is 2. The van der Waals surface area contributed by atoms with E-state index in [1.54, 1.807) is 0 Å². The van der Waals surface area contributed by atoms with Crippen LogP contribution in [0.1, 0.15) is 11.8 Å². The van der Waals surface area contributed by atoms with E-state index in [-0.39, 0.29) is 6.61 Å². The fraction of sp³-hybridized carbons (Fsp3) is 0.125. The lowest BCUT2D eigenvalue weighted by molar-refractivity contribution is 0.259. The fourth-order valence-corrected chi connectivity index (χ4v) is 2.05. The Labute approximate surface area is 132 Å². The van der Waals surface area contributed by atoms with Crippen molar-refractivity contribution in [2.45, 2.75) is 13.2 Å². The first-order chi connectivity index (χ1) is 10.8. The molecule has 1 aromatic heterocycles. The lowest BCUT2D eigenvalue weighted by Crippen LogP contribution is -1.99. The smallest absolute Gasteiger partial charge is 0.253 e. The van der Waals surface area contributed by atoms with Gasteiger partial charge in [-0.25, -0.2) is 0 Å². The van der Waals surface area contributed by atoms with Gasteiger partial charge in [-0.05, 0) is 30.3 Å². The van der Waals surface area contributed by atoms with Gasteiger partial charge in [0.2, 0.25) is 5.89 Å². The molecule has 0 bridgehead atoms. The van der Waals surface area contributed by atoms with E-state index in [0.29, 0.717) is 23.3 Å². The third-order valence-electron chi connectivity index (χ3n) is 2.88. The maximum atomic E-state index is 5.92. The highest BCUT2D eigenvalue weighted by Gasteiger charge is 2.06. The Morgan fingerprint density at radius 1 is 1.00 bits per heavy atom. The molecule has 0 spiro atoms. The van der Waals surface area contributed by atoms with Gasteiger partial charge < -0.3 is 14.5 Å². The number of halogens is 1. The van der Waals surface area contributed by atoms with E-state index in [1.165, 1.54) is 0 Å². The molecule has 22 heavy (non-hydrogen) atoms. The van der Waals surface area contributed by atoms with Crippen LogP contribution >= 0.6 is 11.6 Å². The van der Waals surface area contributed by atoms with Crippen molar-refractivity contribution in [1.82, 2.24) is 10.2 Å². The average molecular weight is 316 g/mol. The summed E-state index contributed by atoms with van der Waals surface area (Å²) in [5.41, 5.74) is 0.896. The number of benzene rings is 2. The van der Waals surface area contributed by atoms with E-state index < -0.39 is 0 Å². The minimum atomic E-state index is 0.244. The first-order valence-electron chi connectivity index (χ1n) is 6.78. The number of nitrogens with zero attached hydrogens (tertiary/aromatic N) is 2. The Balaban J connectivity index is 1.53. The molecule has 1 N–H and O–H groups in total. The Hall–Kier alpha value is -2.53. The van der Waals surface area contributed by atoms with Gasteiger partial charge in [-0.1, -0.05) is 35.9 Å². The van der Waals surface area contributed by atoms with E-state index >= 15 is 0 Å². The van der Waals surface area contributed by atoms with Crippen LogP contribution in [0.15, 0.2) is 59.0 Å². The predicted octanol–water partition coefficient (Wildman–Crippen LogP) is 3.91. The molecule has 5 nitrogen and oxygen atoms in total. The first-order valence-corrected chi connectivity index (χ1v) is 7.16. The Kier molecular flexibility index (Phi) is 4.56. The van der Waals surface area contributed by atoms with Gasteiger partial charge in [-0.15, -0.1) is 10.2 Å². The zero-order valence-corrected chi connectivity index (χ0v) is 12.5. The van der Waals surface area contributed by atoms with Crippen LogP contribution in [0.3, 0.4) is 0 Å². The summed E-state index contributed by atoms with van der Waals surface area (Å²) >= 11 is 5.92. The van der Waals surface area contributed by atoms with E-state index in [9.17, 15) is 0 Å². The molecule has 0 atom stereocenters. The highest BCUT2D eigenvalue weighted by Crippen LogP contribution is 2.16. The maximum Gasteiger partial charge on any atom is 0.253 e. The first kappa shape index (κ1) is 14.4. The van der Waals surface area contributed by atoms with Crippen LogP contribution in [0.2, 0.25) is 5.02 Å². The molecule has 0 saturated heterocycles. The van der Waals surface area contributed by atoms with Gasteiger partial charge in [0.05, 0.1) is 6.54 Å². The van der Waals surface area contributed by atoms with Crippen LogP contribution in [0.5, 0.6) is 5.75 Å². The molecule has 0 aliphatic rings. The van der Waals surface area contributed by atoms with Crippen molar-refractivity contribution in [2.75, 3.05) is 5.32 Å². The number of hydrogen-bond acceptors (Lipinski definition) is 5. The molecule has 2 aromatic carbocycles. The normalized spacial score (nSPS) is 10.4. The molecule has 0 unspecified atom stereocenters. The Bertz CT molecular complexity index is 731. The summed E-state index contributed by atoms with van der Waals surface area (Å²) < 4.78 is 11.1. The van der Waals surface area contributed by atoms with Crippen molar-refractivity contribution in [2.24, 2.45) is 0 Å². The van der Waals surface area contributed by atoms with Crippen LogP contribution in [-0.2, 0) is 13.2 Å². The van der Waals surface area contributed by atoms with E-state index in [2.05, 4.69) is 15.5 Å². The summed E-state index contributed by atoms with van der Waals surface area (Å²) in [6, 6.07) is 16.9. The summed E-state index contributed by atoms with van der Waals surface area (Å²) in [7, 11) is 0. The van der Waals surface area contributed by atoms with Crippen molar-refractivity contribution in [1.29, 1.82) is 0 Å². The molecule has 3 rings (SSSR count). The SMILES string of the molecule is Clc1cccc(NCc2nnc(COc3ccccc3)o2)c1. The monoisotopic (exact) mass is 315 g/mol. The molecular weight excluding hydrogens is 302 g/mol. The van der Waals surface area contributed by atoms with Crippen molar-refractivity contribution in [3.63, 3.8) is 0 Å². The minimum absolute atomic E-state index is 0.244. The highest BCUT2D eigenvalue weighted by atomic mass is 35.5. The van der Waals surface area contributed by atoms with Crippen LogP contribution in [0.25, 0.3) is 0 Å². The van der Waals surface area contributed by atoms with E-state index in [1.807, 2.05) is 54.6 Å². The number of nitrogens with one attached hydrogen (secondary N) is 1. The van der Waals surface area contributed by atoms with Crippen molar-refractivity contribution in [3.05, 3.63) is 71.4 Å². The van der Waals surface area contributed by atoms with E-state index in [4.69, 9.17) is 20.8 Å². The third kappa shape index (κ3) is 3.99. The number of ether oxygens (including phenoxy) is 1. The second-order valence-corrected chi connectivity index (χ2v) is 4.99. The van der Waals surface area contributed by atoms with Crippen molar-refractivity contribution < 1.29 is 9.15 Å². The van der Waals surface area contributed by atoms with Gasteiger partial charge in [0.15, 0.2) is 6.61 Å². The highest BCUT2D eigenvalue weighted by molar-refractivity contribution is 6.30. The average Bonchev–Trinajstić information content (AvgIpc) is 3.00. The molecule has 1 heterocycles. The molecular formula is C16H14ClN3O2. The molecule has 3 aromatic rings. The molecule has 0 aliphatic carbocycles. The fourth-order valence-electron chi connectivity index (χ4n) is 1.86. The summed E-state index contributed by atoms with van der Waals surface area (Å²) in [5, 5.41) is 11.8. The standard InChI is InChI=1S/C16H14ClN3O2/c17-12-5-4-6-13(9-12)18-10-15-19-20-16(22-15)11-21-14-7-2-1-3-8-14/h1-9,18H,10-11H2. The van der Waals surface area contributed by atoms with Gasteiger partial charge in [0.25, 0.3) is 5.89 Å². The zero-order valence-electron chi connectivity index (χ0n) is 11.7. The molecule has 0 aliphatic heterocycles. The number of rotatable bonds is 6. The summed E-state index contributed by atoms with van der Waals surface area (Å²) in [5.74, 6) is 1.69. The van der Waals surface area contributed by atoms with Crippen LogP contribution in [-0.4, -0.2) is 10.2 Å². The molecule has 0 amide bonds. The van der Waals surface area contributed by atoms with Crippen LogP contribution in [0, 0.1) is 0 Å². The summed E-state index contributed by atoms with van der Waals surface area (Å²) in [6.07, 6.45) is 0. The second-order valence-electron chi connectivity index (χ2n) is 4.56. The van der Waals surface area contributed by atoms with Crippen molar-refractivity contribution >= 4 is 17.3 Å². The van der Waals surface area contributed by atoms with Gasteiger partial charge >= 0.3 is 0 Å². The van der Waals surface area contributed by atoms with E-state index in [0.717, 1.165) is 11.4 Å². The predicted molar refractivity (Wildman–Crippen MR) is 83.9 cm³/mol. The molecule has 6 heteroatoms. The lowest BCUT2D eigenvalue weighted by atomic mass is 10.3. The maximum absolute atomic E-state index is 5.92. The molecule has 0 radical (unpaired) electrons. The Morgan fingerprint density at radius 3 is 2.64 bits per heavy atom. The molecule has 0 saturated carbocycles. The Morgan fingerprint density at radius 2 is 1.82 bits per heavy atom. The molecule has 112 valence electrons. The second kappa shape index (κ2) is 6.95. The quantitative estimate of drug-likeness (QED) is 0.747. The zero-order chi connectivity index (χ0) is 15.2. The largest absolute Gasteiger partial charge is 0.484 e. The lowest BCUT2D eigenvalue weighted by Gasteiger charge is -2.03. The summed E-state index contributed by atoms with van der Waals surface area (Å²) in [4.78, 5) is 0. The van der Waals surface area contributed by atoms with Gasteiger partial charge in [0, 0.05) is 10.7 Å².